The molecular formula is C22H27N5O2S. The van der Waals surface area contributed by atoms with E-state index in [1.165, 1.54) is 0 Å². The van der Waals surface area contributed by atoms with Crippen molar-refractivity contribution < 1.29 is 9.00 Å². The summed E-state index contributed by atoms with van der Waals surface area (Å²) in [5.41, 5.74) is 1.79. The maximum Gasteiger partial charge on any atom is 0.235 e. The van der Waals surface area contributed by atoms with Crippen molar-refractivity contribution in [2.24, 2.45) is 0 Å². The molecule has 4 rings (SSSR count). The first-order chi connectivity index (χ1) is 14.7. The van der Waals surface area contributed by atoms with Crippen molar-refractivity contribution in [3.8, 4) is 11.5 Å². The van der Waals surface area contributed by atoms with Gasteiger partial charge in [0.1, 0.15) is 11.6 Å². The molecule has 3 aromatic rings. The van der Waals surface area contributed by atoms with Gasteiger partial charge in [0.15, 0.2) is 0 Å². The number of rotatable bonds is 7. The molecule has 30 heavy (non-hydrogen) atoms. The van der Waals surface area contributed by atoms with Crippen LogP contribution in [0.15, 0.2) is 61.1 Å². The zero-order valence-corrected chi connectivity index (χ0v) is 18.0. The lowest BCUT2D eigenvalue weighted by molar-refractivity contribution is -0.130. The van der Waals surface area contributed by atoms with Gasteiger partial charge >= 0.3 is 0 Å². The SMILES string of the molecule is CCN1CCN(C(=O)C[S@@](=O)Cc2cnn(-c3ccccc3)c2-n2cccc2)CC1. The Hall–Kier alpha value is -2.71. The fourth-order valence-electron chi connectivity index (χ4n) is 3.75. The number of aromatic nitrogens is 3. The molecule has 8 heteroatoms. The highest BCUT2D eigenvalue weighted by molar-refractivity contribution is 7.84. The van der Waals surface area contributed by atoms with Crippen LogP contribution in [0.3, 0.4) is 0 Å². The van der Waals surface area contributed by atoms with Crippen molar-refractivity contribution in [2.75, 3.05) is 38.5 Å². The molecule has 0 bridgehead atoms. The quantitative estimate of drug-likeness (QED) is 0.581. The van der Waals surface area contributed by atoms with E-state index in [4.69, 9.17) is 0 Å². The van der Waals surface area contributed by atoms with Gasteiger partial charge in [-0.15, -0.1) is 0 Å². The molecule has 3 heterocycles. The van der Waals surface area contributed by atoms with E-state index in [9.17, 15) is 9.00 Å². The largest absolute Gasteiger partial charge is 0.339 e. The van der Waals surface area contributed by atoms with Crippen molar-refractivity contribution in [3.05, 3.63) is 66.6 Å². The minimum absolute atomic E-state index is 0.0259. The van der Waals surface area contributed by atoms with Crippen LogP contribution >= 0.6 is 0 Å². The zero-order chi connectivity index (χ0) is 20.9. The first-order valence-electron chi connectivity index (χ1n) is 10.3. The second-order valence-corrected chi connectivity index (χ2v) is 8.83. The first-order valence-corrected chi connectivity index (χ1v) is 11.7. The van der Waals surface area contributed by atoms with Gasteiger partial charge in [-0.05, 0) is 30.8 Å². The van der Waals surface area contributed by atoms with Gasteiger partial charge < -0.3 is 14.4 Å². The van der Waals surface area contributed by atoms with Crippen molar-refractivity contribution in [1.29, 1.82) is 0 Å². The van der Waals surface area contributed by atoms with Crippen LogP contribution in [0.5, 0.6) is 0 Å². The molecule has 0 spiro atoms. The summed E-state index contributed by atoms with van der Waals surface area (Å²) < 4.78 is 16.7. The molecule has 2 aromatic heterocycles. The summed E-state index contributed by atoms with van der Waals surface area (Å²) >= 11 is 0. The van der Waals surface area contributed by atoms with E-state index in [0.29, 0.717) is 18.8 Å². The minimum atomic E-state index is -1.30. The van der Waals surface area contributed by atoms with Gasteiger partial charge in [0.25, 0.3) is 0 Å². The third kappa shape index (κ3) is 4.55. The van der Waals surface area contributed by atoms with Gasteiger partial charge in [-0.2, -0.15) is 5.10 Å². The van der Waals surface area contributed by atoms with Crippen LogP contribution in [0.25, 0.3) is 11.5 Å². The molecule has 0 radical (unpaired) electrons. The molecule has 1 amide bonds. The van der Waals surface area contributed by atoms with Crippen molar-refractivity contribution in [1.82, 2.24) is 24.1 Å². The Labute approximate surface area is 179 Å². The topological polar surface area (TPSA) is 63.4 Å². The molecule has 0 saturated carbocycles. The summed E-state index contributed by atoms with van der Waals surface area (Å²) in [6, 6.07) is 13.8. The molecule has 158 valence electrons. The molecule has 1 aromatic carbocycles. The first kappa shape index (κ1) is 20.6. The van der Waals surface area contributed by atoms with E-state index in [-0.39, 0.29) is 11.7 Å². The summed E-state index contributed by atoms with van der Waals surface area (Å²) in [6.45, 7) is 6.33. The highest BCUT2D eigenvalue weighted by Crippen LogP contribution is 2.21. The number of para-hydroxylation sites is 1. The van der Waals surface area contributed by atoms with E-state index in [1.807, 2.05) is 69.0 Å². The molecule has 0 N–H and O–H groups in total. The van der Waals surface area contributed by atoms with E-state index >= 15 is 0 Å². The summed E-state index contributed by atoms with van der Waals surface area (Å²) in [5, 5.41) is 4.54. The van der Waals surface area contributed by atoms with Crippen LogP contribution in [-0.2, 0) is 21.3 Å². The maximum absolute atomic E-state index is 12.9. The fraction of sp³-hybridized carbons (Fsp3) is 0.364. The van der Waals surface area contributed by atoms with Gasteiger partial charge in [-0.3, -0.25) is 9.00 Å². The zero-order valence-electron chi connectivity index (χ0n) is 17.2. The van der Waals surface area contributed by atoms with E-state index in [0.717, 1.165) is 36.7 Å². The van der Waals surface area contributed by atoms with Crippen LogP contribution in [0.1, 0.15) is 12.5 Å². The van der Waals surface area contributed by atoms with Crippen molar-refractivity contribution in [3.63, 3.8) is 0 Å². The van der Waals surface area contributed by atoms with Crippen LogP contribution in [0.4, 0.5) is 0 Å². The Morgan fingerprint density at radius 3 is 2.40 bits per heavy atom. The monoisotopic (exact) mass is 425 g/mol. The van der Waals surface area contributed by atoms with Gasteiger partial charge in [-0.25, -0.2) is 4.68 Å². The average Bonchev–Trinajstić information content (AvgIpc) is 3.44. The number of nitrogens with zero attached hydrogens (tertiary/aromatic N) is 5. The standard InChI is InChI=1S/C22H27N5O2S/c1-2-24-12-14-25(15-13-24)21(28)18-30(29)17-19-16-23-27(20-8-4-3-5-9-20)22(19)26-10-6-7-11-26/h3-11,16H,2,12-15,17-18H2,1H3/t30-/m0/s1. The molecule has 0 unspecified atom stereocenters. The van der Waals surface area contributed by atoms with Gasteiger partial charge in [0, 0.05) is 54.9 Å². The smallest absolute Gasteiger partial charge is 0.235 e. The molecule has 1 saturated heterocycles. The summed E-state index contributed by atoms with van der Waals surface area (Å²) in [7, 11) is -1.30. The molecular weight excluding hydrogens is 398 g/mol. The fourth-order valence-corrected chi connectivity index (χ4v) is 4.86. The van der Waals surface area contributed by atoms with Crippen LogP contribution in [-0.4, -0.2) is 72.7 Å². The van der Waals surface area contributed by atoms with E-state index < -0.39 is 10.8 Å². The third-order valence-corrected chi connectivity index (χ3v) is 6.64. The van der Waals surface area contributed by atoms with E-state index in [1.54, 1.807) is 6.20 Å². The van der Waals surface area contributed by atoms with Crippen molar-refractivity contribution in [2.45, 2.75) is 12.7 Å². The van der Waals surface area contributed by atoms with Crippen molar-refractivity contribution >= 4 is 16.7 Å². The number of benzene rings is 1. The number of piperazine rings is 1. The number of likely N-dealkylation sites (N-methyl/N-ethyl adjacent to an activating group) is 1. The number of hydrogen-bond donors (Lipinski definition) is 0. The number of carbonyl (C=O) groups excluding carboxylic acids is 1. The van der Waals surface area contributed by atoms with Crippen LogP contribution in [0, 0.1) is 0 Å². The average molecular weight is 426 g/mol. The Kier molecular flexibility index (Phi) is 6.44. The second-order valence-electron chi connectivity index (χ2n) is 7.37. The summed E-state index contributed by atoms with van der Waals surface area (Å²) in [5.74, 6) is 1.17. The molecule has 7 nitrogen and oxygen atoms in total. The Morgan fingerprint density at radius 2 is 1.73 bits per heavy atom. The lowest BCUT2D eigenvalue weighted by Gasteiger charge is -2.34. The Morgan fingerprint density at radius 1 is 1.03 bits per heavy atom. The second kappa shape index (κ2) is 9.40. The highest BCUT2D eigenvalue weighted by atomic mass is 32.2. The summed E-state index contributed by atoms with van der Waals surface area (Å²) in [4.78, 5) is 16.8. The Bertz CT molecular complexity index is 992. The van der Waals surface area contributed by atoms with Crippen LogP contribution < -0.4 is 0 Å². The van der Waals surface area contributed by atoms with E-state index in [2.05, 4.69) is 16.9 Å². The molecule has 0 aliphatic carbocycles. The van der Waals surface area contributed by atoms with Gasteiger partial charge in [0.05, 0.1) is 17.6 Å². The Balaban J connectivity index is 1.49. The van der Waals surface area contributed by atoms with Gasteiger partial charge in [-0.1, -0.05) is 25.1 Å². The molecule has 1 fully saturated rings. The third-order valence-electron chi connectivity index (χ3n) is 5.44. The molecule has 1 aliphatic heterocycles. The normalized spacial score (nSPS) is 16.0. The number of amides is 1. The summed E-state index contributed by atoms with van der Waals surface area (Å²) in [6.07, 6.45) is 5.65. The minimum Gasteiger partial charge on any atom is -0.339 e. The predicted octanol–water partition coefficient (Wildman–Crippen LogP) is 2.08. The number of carbonyl (C=O) groups is 1. The van der Waals surface area contributed by atoms with Crippen LogP contribution in [0.2, 0.25) is 0 Å². The molecule has 1 aliphatic rings. The highest BCUT2D eigenvalue weighted by Gasteiger charge is 2.23. The maximum atomic E-state index is 12.9. The number of hydrogen-bond acceptors (Lipinski definition) is 4. The van der Waals surface area contributed by atoms with Gasteiger partial charge in [0.2, 0.25) is 5.91 Å². The lowest BCUT2D eigenvalue weighted by atomic mass is 10.3. The lowest BCUT2D eigenvalue weighted by Crippen LogP contribution is -2.49. The molecule has 1 atom stereocenters. The predicted molar refractivity (Wildman–Crippen MR) is 118 cm³/mol.